The zero-order valence-corrected chi connectivity index (χ0v) is 13.3. The lowest BCUT2D eigenvalue weighted by atomic mass is 10.1. The van der Waals surface area contributed by atoms with Crippen LogP contribution in [0.25, 0.3) is 0 Å². The number of carbonyl (C=O) groups is 1. The van der Waals surface area contributed by atoms with Gasteiger partial charge in [-0.15, -0.1) is 0 Å². The van der Waals surface area contributed by atoms with E-state index in [1.807, 2.05) is 19.2 Å². The second kappa shape index (κ2) is 7.20. The number of ether oxygens (including phenoxy) is 1. The standard InChI is InChI=1S/C14H22N2O4S/c1-10-8-20-12(7-17)6-16(10)13(18)4-3-5-15-11(2)9-21-14(15)19/h9-10,12,17H,3-8H2,1-2H3. The van der Waals surface area contributed by atoms with E-state index in [0.29, 0.717) is 32.5 Å². The molecule has 118 valence electrons. The molecule has 0 bridgehead atoms. The van der Waals surface area contributed by atoms with Crippen molar-refractivity contribution in [1.82, 2.24) is 9.47 Å². The van der Waals surface area contributed by atoms with Crippen molar-refractivity contribution in [2.75, 3.05) is 19.8 Å². The molecule has 1 saturated heterocycles. The fourth-order valence-electron chi connectivity index (χ4n) is 2.48. The molecule has 2 unspecified atom stereocenters. The predicted octanol–water partition coefficient (Wildman–Crippen LogP) is 0.607. The van der Waals surface area contributed by atoms with Crippen molar-refractivity contribution in [3.05, 3.63) is 20.7 Å². The lowest BCUT2D eigenvalue weighted by molar-refractivity contribution is -0.146. The SMILES string of the molecule is Cc1csc(=O)n1CCCC(=O)N1CC(CO)OCC1C. The number of nitrogens with zero attached hydrogens (tertiary/aromatic N) is 2. The second-order valence-corrected chi connectivity index (χ2v) is 6.25. The van der Waals surface area contributed by atoms with Crippen LogP contribution in [0.5, 0.6) is 0 Å². The number of carbonyl (C=O) groups excluding carboxylic acids is 1. The summed E-state index contributed by atoms with van der Waals surface area (Å²) in [6.45, 7) is 5.24. The number of aliphatic hydroxyl groups excluding tert-OH is 1. The van der Waals surface area contributed by atoms with Crippen molar-refractivity contribution in [1.29, 1.82) is 0 Å². The Kier molecular flexibility index (Phi) is 5.55. The van der Waals surface area contributed by atoms with Crippen LogP contribution in [0.3, 0.4) is 0 Å². The summed E-state index contributed by atoms with van der Waals surface area (Å²) in [5.41, 5.74) is 0.942. The smallest absolute Gasteiger partial charge is 0.307 e. The van der Waals surface area contributed by atoms with Gasteiger partial charge in [-0.25, -0.2) is 0 Å². The second-order valence-electron chi connectivity index (χ2n) is 5.43. The Morgan fingerprint density at radius 3 is 2.95 bits per heavy atom. The Bertz CT molecular complexity index is 539. The number of aromatic nitrogens is 1. The molecule has 6 nitrogen and oxygen atoms in total. The minimum atomic E-state index is -0.285. The molecule has 2 atom stereocenters. The van der Waals surface area contributed by atoms with Gasteiger partial charge in [-0.3, -0.25) is 9.59 Å². The van der Waals surface area contributed by atoms with E-state index in [1.54, 1.807) is 9.47 Å². The highest BCUT2D eigenvalue weighted by atomic mass is 32.1. The van der Waals surface area contributed by atoms with E-state index in [0.717, 1.165) is 5.69 Å². The molecule has 1 aromatic rings. The van der Waals surface area contributed by atoms with Gasteiger partial charge in [-0.05, 0) is 20.3 Å². The van der Waals surface area contributed by atoms with Crippen LogP contribution in [0.15, 0.2) is 10.2 Å². The van der Waals surface area contributed by atoms with E-state index < -0.39 is 0 Å². The molecule has 1 aliphatic rings. The van der Waals surface area contributed by atoms with Gasteiger partial charge in [-0.2, -0.15) is 0 Å². The average molecular weight is 314 g/mol. The first-order valence-electron chi connectivity index (χ1n) is 7.19. The van der Waals surface area contributed by atoms with Crippen molar-refractivity contribution < 1.29 is 14.6 Å². The first-order valence-corrected chi connectivity index (χ1v) is 8.07. The molecule has 2 heterocycles. The largest absolute Gasteiger partial charge is 0.394 e. The summed E-state index contributed by atoms with van der Waals surface area (Å²) in [6, 6.07) is 0.0332. The van der Waals surface area contributed by atoms with Crippen molar-refractivity contribution in [3.8, 4) is 0 Å². The molecule has 1 amide bonds. The van der Waals surface area contributed by atoms with Crippen LogP contribution in [0.2, 0.25) is 0 Å². The number of aryl methyl sites for hydroxylation is 1. The summed E-state index contributed by atoms with van der Waals surface area (Å²) in [4.78, 5) is 25.7. The lowest BCUT2D eigenvalue weighted by Gasteiger charge is -2.37. The van der Waals surface area contributed by atoms with Crippen LogP contribution in [0, 0.1) is 6.92 Å². The molecule has 0 spiro atoms. The summed E-state index contributed by atoms with van der Waals surface area (Å²) < 4.78 is 7.13. The highest BCUT2D eigenvalue weighted by molar-refractivity contribution is 7.07. The highest BCUT2D eigenvalue weighted by Gasteiger charge is 2.28. The van der Waals surface area contributed by atoms with Crippen LogP contribution in [0.1, 0.15) is 25.5 Å². The molecule has 21 heavy (non-hydrogen) atoms. The number of rotatable bonds is 5. The molecule has 7 heteroatoms. The number of hydrogen-bond acceptors (Lipinski definition) is 5. The molecule has 1 fully saturated rings. The van der Waals surface area contributed by atoms with Gasteiger partial charge < -0.3 is 19.3 Å². The zero-order valence-electron chi connectivity index (χ0n) is 12.4. The van der Waals surface area contributed by atoms with Crippen LogP contribution < -0.4 is 4.87 Å². The zero-order chi connectivity index (χ0) is 15.4. The van der Waals surface area contributed by atoms with Crippen molar-refractivity contribution >= 4 is 17.2 Å². The number of aliphatic hydroxyl groups is 1. The van der Waals surface area contributed by atoms with Gasteiger partial charge in [0, 0.05) is 30.6 Å². The Hall–Kier alpha value is -1.18. The van der Waals surface area contributed by atoms with Gasteiger partial charge in [0.2, 0.25) is 5.91 Å². The maximum absolute atomic E-state index is 12.3. The van der Waals surface area contributed by atoms with E-state index in [1.165, 1.54) is 11.3 Å². The fraction of sp³-hybridized carbons (Fsp3) is 0.714. The molecular formula is C14H22N2O4S. The third-order valence-electron chi connectivity index (χ3n) is 3.78. The van der Waals surface area contributed by atoms with Crippen molar-refractivity contribution in [2.24, 2.45) is 0 Å². The topological polar surface area (TPSA) is 71.8 Å². The van der Waals surface area contributed by atoms with E-state index in [4.69, 9.17) is 9.84 Å². The van der Waals surface area contributed by atoms with Gasteiger partial charge in [0.15, 0.2) is 0 Å². The Labute approximate surface area is 128 Å². The van der Waals surface area contributed by atoms with Crippen LogP contribution in [0.4, 0.5) is 0 Å². The van der Waals surface area contributed by atoms with Gasteiger partial charge in [0.25, 0.3) is 0 Å². The van der Waals surface area contributed by atoms with Gasteiger partial charge >= 0.3 is 4.87 Å². The molecule has 1 aliphatic heterocycles. The lowest BCUT2D eigenvalue weighted by Crippen LogP contribution is -2.52. The van der Waals surface area contributed by atoms with E-state index in [2.05, 4.69) is 0 Å². The van der Waals surface area contributed by atoms with Gasteiger partial charge in [-0.1, -0.05) is 11.3 Å². The number of hydrogen-bond donors (Lipinski definition) is 1. The molecule has 1 aromatic heterocycles. The first-order chi connectivity index (χ1) is 10.0. The Morgan fingerprint density at radius 1 is 1.57 bits per heavy atom. The van der Waals surface area contributed by atoms with Gasteiger partial charge in [0.05, 0.1) is 25.4 Å². The predicted molar refractivity (Wildman–Crippen MR) is 80.6 cm³/mol. The minimum Gasteiger partial charge on any atom is -0.394 e. The summed E-state index contributed by atoms with van der Waals surface area (Å²) in [5.74, 6) is 0.0604. The molecule has 1 N–H and O–H groups in total. The fourth-order valence-corrected chi connectivity index (χ4v) is 3.24. The quantitative estimate of drug-likeness (QED) is 0.864. The molecular weight excluding hydrogens is 292 g/mol. The van der Waals surface area contributed by atoms with E-state index in [-0.39, 0.29) is 29.5 Å². The summed E-state index contributed by atoms with van der Waals surface area (Å²) >= 11 is 1.19. The van der Waals surface area contributed by atoms with Crippen LogP contribution in [-0.2, 0) is 16.1 Å². The molecule has 2 rings (SSSR count). The number of amides is 1. The van der Waals surface area contributed by atoms with E-state index >= 15 is 0 Å². The Morgan fingerprint density at radius 2 is 2.33 bits per heavy atom. The Balaban J connectivity index is 1.85. The third-order valence-corrected chi connectivity index (χ3v) is 4.66. The number of morpholine rings is 1. The summed E-state index contributed by atoms with van der Waals surface area (Å²) in [7, 11) is 0. The summed E-state index contributed by atoms with van der Waals surface area (Å²) in [6.07, 6.45) is 0.765. The highest BCUT2D eigenvalue weighted by Crippen LogP contribution is 2.14. The van der Waals surface area contributed by atoms with Crippen molar-refractivity contribution in [2.45, 2.75) is 45.4 Å². The molecule has 0 saturated carbocycles. The minimum absolute atomic E-state index is 0.0278. The molecule has 0 aliphatic carbocycles. The third kappa shape index (κ3) is 3.93. The normalized spacial score (nSPS) is 22.5. The van der Waals surface area contributed by atoms with Gasteiger partial charge in [0.1, 0.15) is 0 Å². The monoisotopic (exact) mass is 314 g/mol. The van der Waals surface area contributed by atoms with E-state index in [9.17, 15) is 9.59 Å². The average Bonchev–Trinajstić information content (AvgIpc) is 2.79. The number of thiazole rings is 1. The van der Waals surface area contributed by atoms with Crippen LogP contribution >= 0.6 is 11.3 Å². The maximum Gasteiger partial charge on any atom is 0.307 e. The molecule has 0 aromatic carbocycles. The van der Waals surface area contributed by atoms with Crippen LogP contribution in [-0.4, -0.2) is 52.4 Å². The summed E-state index contributed by atoms with van der Waals surface area (Å²) in [5, 5.41) is 11.0. The van der Waals surface area contributed by atoms with Crippen molar-refractivity contribution in [3.63, 3.8) is 0 Å². The molecule has 0 radical (unpaired) electrons. The first kappa shape index (κ1) is 16.2. The maximum atomic E-state index is 12.3.